The third-order valence-corrected chi connectivity index (χ3v) is 6.24. The molecule has 0 atom stereocenters. The minimum absolute atomic E-state index is 0.0526. The molecule has 0 saturated heterocycles. The van der Waals surface area contributed by atoms with Crippen LogP contribution in [-0.2, 0) is 11.2 Å². The lowest BCUT2D eigenvalue weighted by atomic mass is 10.1. The van der Waals surface area contributed by atoms with Crippen molar-refractivity contribution >= 4 is 40.7 Å². The van der Waals surface area contributed by atoms with Gasteiger partial charge in [0, 0.05) is 27.2 Å². The molecule has 8 nitrogen and oxygen atoms in total. The molecule has 1 aromatic heterocycles. The summed E-state index contributed by atoms with van der Waals surface area (Å²) in [4.78, 5) is 37.9. The molecular weight excluding hydrogens is 498 g/mol. The Morgan fingerprint density at radius 1 is 0.919 bits per heavy atom. The quantitative estimate of drug-likeness (QED) is 0.177. The van der Waals surface area contributed by atoms with Crippen LogP contribution >= 0.6 is 11.6 Å². The molecule has 0 fully saturated rings. The third-order valence-electron chi connectivity index (χ3n) is 5.99. The number of aromatic nitrogens is 1. The molecule has 0 aliphatic carbocycles. The second kappa shape index (κ2) is 10.8. The maximum atomic E-state index is 13.5. The molecule has 0 radical (unpaired) electrons. The molecule has 1 heterocycles. The van der Waals surface area contributed by atoms with Crippen LogP contribution in [0.25, 0.3) is 10.9 Å². The van der Waals surface area contributed by atoms with E-state index < -0.39 is 5.97 Å². The van der Waals surface area contributed by atoms with Crippen LogP contribution in [0.4, 0.5) is 0 Å². The minimum atomic E-state index is -0.612. The molecule has 0 saturated carbocycles. The highest BCUT2D eigenvalue weighted by molar-refractivity contribution is 6.30. The van der Waals surface area contributed by atoms with Gasteiger partial charge in [0.25, 0.3) is 5.91 Å². The van der Waals surface area contributed by atoms with Crippen molar-refractivity contribution in [3.63, 3.8) is 0 Å². The zero-order valence-corrected chi connectivity index (χ0v) is 21.4. The van der Waals surface area contributed by atoms with Gasteiger partial charge in [-0.05, 0) is 67.1 Å². The van der Waals surface area contributed by atoms with Gasteiger partial charge in [0.1, 0.15) is 12.0 Å². The Labute approximate surface area is 218 Å². The number of halogens is 1. The normalized spacial score (nSPS) is 10.7. The van der Waals surface area contributed by atoms with Crippen molar-refractivity contribution < 1.29 is 33.3 Å². The largest absolute Gasteiger partial charge is 0.497 e. The third kappa shape index (κ3) is 5.01. The maximum Gasteiger partial charge on any atom is 0.316 e. The van der Waals surface area contributed by atoms with Crippen LogP contribution in [0.1, 0.15) is 32.0 Å². The summed E-state index contributed by atoms with van der Waals surface area (Å²) in [6, 6.07) is 14.8. The number of methoxy groups -OCH3 is 3. The van der Waals surface area contributed by atoms with E-state index in [-0.39, 0.29) is 29.6 Å². The number of hydrogen-bond acceptors (Lipinski definition) is 7. The summed E-state index contributed by atoms with van der Waals surface area (Å²) in [6.45, 7) is 1.77. The van der Waals surface area contributed by atoms with Gasteiger partial charge in [-0.1, -0.05) is 11.6 Å². The lowest BCUT2D eigenvalue weighted by Crippen LogP contribution is -2.16. The summed E-state index contributed by atoms with van der Waals surface area (Å²) < 4.78 is 23.2. The molecule has 190 valence electrons. The van der Waals surface area contributed by atoms with E-state index in [0.29, 0.717) is 50.3 Å². The molecule has 4 rings (SSSR count). The molecule has 0 aliphatic rings. The van der Waals surface area contributed by atoms with E-state index in [1.807, 2.05) is 0 Å². The zero-order valence-electron chi connectivity index (χ0n) is 20.7. The van der Waals surface area contributed by atoms with Crippen LogP contribution in [0.15, 0.2) is 54.6 Å². The van der Waals surface area contributed by atoms with E-state index in [2.05, 4.69) is 0 Å². The first-order valence-electron chi connectivity index (χ1n) is 11.2. The number of rotatable bonds is 8. The van der Waals surface area contributed by atoms with Crippen molar-refractivity contribution in [3.05, 3.63) is 82.0 Å². The van der Waals surface area contributed by atoms with E-state index in [1.54, 1.807) is 61.1 Å². The standard InChI is InChI=1S/C28H24ClNO7/c1-16-21(14-26(32)37-27-24(35-3)11-17(15-31)12-25(27)36-4)22-13-20(34-2)9-10-23(22)30(16)28(33)18-5-7-19(29)8-6-18/h5-13,15H,14H2,1-4H3. The average molecular weight is 522 g/mol. The molecule has 0 N–H and O–H groups in total. The number of carbonyl (C=O) groups excluding carboxylic acids is 3. The molecule has 0 bridgehead atoms. The van der Waals surface area contributed by atoms with E-state index in [4.69, 9.17) is 30.5 Å². The number of esters is 1. The van der Waals surface area contributed by atoms with Crippen molar-refractivity contribution in [2.45, 2.75) is 13.3 Å². The summed E-state index contributed by atoms with van der Waals surface area (Å²) in [5.74, 6) is 0.0981. The van der Waals surface area contributed by atoms with Crippen molar-refractivity contribution in [2.75, 3.05) is 21.3 Å². The van der Waals surface area contributed by atoms with Gasteiger partial charge < -0.3 is 18.9 Å². The number of ether oxygens (including phenoxy) is 4. The lowest BCUT2D eigenvalue weighted by Gasteiger charge is -2.14. The Hall–Kier alpha value is -4.30. The topological polar surface area (TPSA) is 93.1 Å². The highest BCUT2D eigenvalue weighted by Gasteiger charge is 2.24. The minimum Gasteiger partial charge on any atom is -0.497 e. The Balaban J connectivity index is 1.76. The first kappa shape index (κ1) is 25.8. The fourth-order valence-corrected chi connectivity index (χ4v) is 4.28. The van der Waals surface area contributed by atoms with Gasteiger partial charge in [-0.2, -0.15) is 0 Å². The van der Waals surface area contributed by atoms with E-state index in [1.165, 1.54) is 26.4 Å². The molecule has 0 unspecified atom stereocenters. The van der Waals surface area contributed by atoms with Crippen molar-refractivity contribution in [2.24, 2.45) is 0 Å². The SMILES string of the molecule is COc1ccc2c(c1)c(CC(=O)Oc1c(OC)cc(C=O)cc1OC)c(C)n2C(=O)c1ccc(Cl)cc1. The molecule has 0 aliphatic heterocycles. The van der Waals surface area contributed by atoms with Gasteiger partial charge in [-0.3, -0.25) is 19.0 Å². The van der Waals surface area contributed by atoms with Gasteiger partial charge >= 0.3 is 5.97 Å². The summed E-state index contributed by atoms with van der Waals surface area (Å²) >= 11 is 5.99. The number of hydrogen-bond donors (Lipinski definition) is 0. The predicted octanol–water partition coefficient (Wildman–Crippen LogP) is 5.28. The highest BCUT2D eigenvalue weighted by Crippen LogP contribution is 2.39. The lowest BCUT2D eigenvalue weighted by molar-refractivity contribution is -0.133. The highest BCUT2D eigenvalue weighted by atomic mass is 35.5. The van der Waals surface area contributed by atoms with Crippen LogP contribution in [0.3, 0.4) is 0 Å². The number of benzene rings is 3. The molecule has 3 aromatic carbocycles. The summed E-state index contributed by atoms with van der Waals surface area (Å²) in [5, 5.41) is 1.19. The van der Waals surface area contributed by atoms with Gasteiger partial charge in [-0.25, -0.2) is 0 Å². The predicted molar refractivity (Wildman–Crippen MR) is 139 cm³/mol. The Bertz CT molecular complexity index is 1480. The molecule has 37 heavy (non-hydrogen) atoms. The summed E-state index contributed by atoms with van der Waals surface area (Å²) in [7, 11) is 4.33. The van der Waals surface area contributed by atoms with Gasteiger partial charge in [0.15, 0.2) is 11.5 Å². The second-order valence-electron chi connectivity index (χ2n) is 8.12. The van der Waals surface area contributed by atoms with Crippen LogP contribution < -0.4 is 18.9 Å². The second-order valence-corrected chi connectivity index (χ2v) is 8.55. The molecule has 0 spiro atoms. The fraction of sp³-hybridized carbons (Fsp3) is 0.179. The van der Waals surface area contributed by atoms with Crippen LogP contribution in [-0.4, -0.2) is 44.1 Å². The number of carbonyl (C=O) groups is 3. The van der Waals surface area contributed by atoms with Gasteiger partial charge in [0.2, 0.25) is 5.75 Å². The number of aldehydes is 1. The van der Waals surface area contributed by atoms with E-state index >= 15 is 0 Å². The summed E-state index contributed by atoms with van der Waals surface area (Å²) in [5.41, 5.74) is 2.55. The van der Waals surface area contributed by atoms with E-state index in [9.17, 15) is 14.4 Å². The summed E-state index contributed by atoms with van der Waals surface area (Å²) in [6.07, 6.45) is 0.484. The molecule has 4 aromatic rings. The van der Waals surface area contributed by atoms with Crippen LogP contribution in [0.2, 0.25) is 5.02 Å². The molecule has 9 heteroatoms. The Kier molecular flexibility index (Phi) is 7.50. The first-order valence-corrected chi connectivity index (χ1v) is 11.6. The van der Waals surface area contributed by atoms with Crippen molar-refractivity contribution in [1.82, 2.24) is 4.57 Å². The van der Waals surface area contributed by atoms with Gasteiger partial charge in [0.05, 0.1) is 33.3 Å². The first-order chi connectivity index (χ1) is 17.8. The van der Waals surface area contributed by atoms with Crippen LogP contribution in [0, 0.1) is 6.92 Å². The van der Waals surface area contributed by atoms with E-state index in [0.717, 1.165) is 0 Å². The number of nitrogens with zero attached hydrogens (tertiary/aromatic N) is 1. The van der Waals surface area contributed by atoms with Crippen molar-refractivity contribution in [3.8, 4) is 23.0 Å². The average Bonchev–Trinajstić information content (AvgIpc) is 3.18. The van der Waals surface area contributed by atoms with Gasteiger partial charge in [-0.15, -0.1) is 0 Å². The zero-order chi connectivity index (χ0) is 26.7. The maximum absolute atomic E-state index is 13.5. The van der Waals surface area contributed by atoms with Crippen molar-refractivity contribution in [1.29, 1.82) is 0 Å². The molecule has 0 amide bonds. The smallest absolute Gasteiger partial charge is 0.316 e. The Morgan fingerprint density at radius 3 is 2.14 bits per heavy atom. The number of fused-ring (bicyclic) bond motifs is 1. The Morgan fingerprint density at radius 2 is 1.57 bits per heavy atom. The monoisotopic (exact) mass is 521 g/mol. The molecular formula is C28H24ClNO7. The van der Waals surface area contributed by atoms with Crippen LogP contribution in [0.5, 0.6) is 23.0 Å². The fourth-order valence-electron chi connectivity index (χ4n) is 4.16.